The fourth-order valence-corrected chi connectivity index (χ4v) is 2.30. The van der Waals surface area contributed by atoms with Gasteiger partial charge in [-0.15, -0.1) is 5.92 Å². The number of allylic oxidation sites excluding steroid dienone is 1. The third kappa shape index (κ3) is 2.91. The fraction of sp³-hybridized carbons (Fsp3) is 0.0588. The third-order valence-corrected chi connectivity index (χ3v) is 3.41. The molecule has 0 aliphatic carbocycles. The van der Waals surface area contributed by atoms with Gasteiger partial charge in [0.15, 0.2) is 0 Å². The van der Waals surface area contributed by atoms with Gasteiger partial charge in [0.05, 0.1) is 0 Å². The molecule has 0 saturated heterocycles. The number of hydrogen-bond acceptors (Lipinski definition) is 0. The summed E-state index contributed by atoms with van der Waals surface area (Å²) in [6.07, 6.45) is 0. The Morgan fingerprint density at radius 3 is 1.83 bits per heavy atom. The Labute approximate surface area is 116 Å². The molecule has 1 heteroatoms. The normalized spacial score (nSPS) is 11.2. The molecular weight excluding hydrogens is 284 g/mol. The van der Waals surface area contributed by atoms with Crippen molar-refractivity contribution in [2.75, 3.05) is 0 Å². The van der Waals surface area contributed by atoms with Crippen molar-refractivity contribution in [3.63, 3.8) is 0 Å². The van der Waals surface area contributed by atoms with E-state index < -0.39 is 0 Å². The van der Waals surface area contributed by atoms with Crippen LogP contribution >= 0.6 is 15.9 Å². The molecule has 0 unspecified atom stereocenters. The van der Waals surface area contributed by atoms with E-state index in [1.807, 2.05) is 43.3 Å². The molecule has 2 aromatic carbocycles. The van der Waals surface area contributed by atoms with Crippen LogP contribution in [0.3, 0.4) is 0 Å². The molecule has 2 aromatic rings. The van der Waals surface area contributed by atoms with Gasteiger partial charge in [0, 0.05) is 10.1 Å². The van der Waals surface area contributed by atoms with Crippen LogP contribution in [0.1, 0.15) is 18.1 Å². The largest absolute Gasteiger partial charge is 0.101 e. The molecule has 0 aliphatic rings. The summed E-state index contributed by atoms with van der Waals surface area (Å²) in [5.74, 6) is 6.16. The summed E-state index contributed by atoms with van der Waals surface area (Å²) in [5.41, 5.74) is 3.28. The molecule has 0 aliphatic heterocycles. The Kier molecular flexibility index (Phi) is 4.39. The minimum absolute atomic E-state index is 1.02. The van der Waals surface area contributed by atoms with E-state index in [0.29, 0.717) is 0 Å². The second-order valence-electron chi connectivity index (χ2n) is 3.80. The maximum Gasteiger partial charge on any atom is 0.0465 e. The van der Waals surface area contributed by atoms with Gasteiger partial charge in [-0.25, -0.2) is 0 Å². The SMILES string of the molecule is CC#C/C(=C(\Br)c1ccccc1)c1ccccc1. The van der Waals surface area contributed by atoms with Crippen LogP contribution in [-0.4, -0.2) is 0 Å². The predicted molar refractivity (Wildman–Crippen MR) is 82.1 cm³/mol. The van der Waals surface area contributed by atoms with E-state index in [1.165, 1.54) is 0 Å². The molecule has 0 heterocycles. The van der Waals surface area contributed by atoms with Gasteiger partial charge in [0.2, 0.25) is 0 Å². The Morgan fingerprint density at radius 1 is 0.833 bits per heavy atom. The maximum absolute atomic E-state index is 3.67. The van der Waals surface area contributed by atoms with Gasteiger partial charge in [-0.2, -0.15) is 0 Å². The molecule has 0 bridgehead atoms. The zero-order valence-electron chi connectivity index (χ0n) is 10.2. The lowest BCUT2D eigenvalue weighted by Crippen LogP contribution is -1.85. The molecule has 0 amide bonds. The van der Waals surface area contributed by atoms with Crippen LogP contribution < -0.4 is 0 Å². The summed E-state index contributed by atoms with van der Waals surface area (Å²) in [4.78, 5) is 0. The first-order valence-corrected chi connectivity index (χ1v) is 6.55. The maximum atomic E-state index is 3.67. The highest BCUT2D eigenvalue weighted by atomic mass is 79.9. The smallest absolute Gasteiger partial charge is 0.0465 e. The van der Waals surface area contributed by atoms with Gasteiger partial charge in [0.25, 0.3) is 0 Å². The topological polar surface area (TPSA) is 0 Å². The fourth-order valence-electron chi connectivity index (χ4n) is 1.71. The van der Waals surface area contributed by atoms with Gasteiger partial charge in [0.1, 0.15) is 0 Å². The molecular formula is C17H13Br. The minimum Gasteiger partial charge on any atom is -0.101 e. The highest BCUT2D eigenvalue weighted by Crippen LogP contribution is 2.30. The highest BCUT2D eigenvalue weighted by Gasteiger charge is 2.06. The minimum atomic E-state index is 1.02. The summed E-state index contributed by atoms with van der Waals surface area (Å²) >= 11 is 3.67. The molecule has 0 radical (unpaired) electrons. The van der Waals surface area contributed by atoms with Crippen LogP contribution in [0.25, 0.3) is 10.1 Å². The standard InChI is InChI=1S/C17H13Br/c1-2-9-16(14-10-5-3-6-11-14)17(18)15-12-7-4-8-13-15/h3-8,10-13H,1H3/b17-16+. The number of halogens is 1. The molecule has 0 N–H and O–H groups in total. The van der Waals surface area contributed by atoms with E-state index in [4.69, 9.17) is 0 Å². The first kappa shape index (κ1) is 12.7. The Balaban J connectivity index is 2.57. The molecule has 0 nitrogen and oxygen atoms in total. The molecule has 0 spiro atoms. The van der Waals surface area contributed by atoms with Crippen LogP contribution in [0.4, 0.5) is 0 Å². The average Bonchev–Trinajstić information content (AvgIpc) is 2.46. The Bertz CT molecular complexity index is 598. The van der Waals surface area contributed by atoms with Crippen LogP contribution in [0.2, 0.25) is 0 Å². The molecule has 88 valence electrons. The second-order valence-corrected chi connectivity index (χ2v) is 4.59. The monoisotopic (exact) mass is 296 g/mol. The highest BCUT2D eigenvalue weighted by molar-refractivity contribution is 9.15. The first-order valence-electron chi connectivity index (χ1n) is 5.76. The van der Waals surface area contributed by atoms with E-state index >= 15 is 0 Å². The van der Waals surface area contributed by atoms with E-state index in [1.54, 1.807) is 0 Å². The van der Waals surface area contributed by atoms with Crippen molar-refractivity contribution in [2.45, 2.75) is 6.92 Å². The first-order chi connectivity index (χ1) is 8.83. The van der Waals surface area contributed by atoms with Gasteiger partial charge in [-0.3, -0.25) is 0 Å². The quantitative estimate of drug-likeness (QED) is 0.542. The molecule has 0 saturated carbocycles. The van der Waals surface area contributed by atoms with E-state index in [-0.39, 0.29) is 0 Å². The molecule has 0 fully saturated rings. The molecule has 0 atom stereocenters. The Hall–Kier alpha value is -1.78. The summed E-state index contributed by atoms with van der Waals surface area (Å²) < 4.78 is 1.03. The van der Waals surface area contributed by atoms with Crippen molar-refractivity contribution in [1.82, 2.24) is 0 Å². The van der Waals surface area contributed by atoms with E-state index in [0.717, 1.165) is 21.2 Å². The van der Waals surface area contributed by atoms with Crippen molar-refractivity contribution < 1.29 is 0 Å². The van der Waals surface area contributed by atoms with Crippen molar-refractivity contribution in [3.05, 3.63) is 71.8 Å². The van der Waals surface area contributed by atoms with Crippen molar-refractivity contribution >= 4 is 26.0 Å². The van der Waals surface area contributed by atoms with Crippen LogP contribution in [0.15, 0.2) is 60.7 Å². The zero-order valence-corrected chi connectivity index (χ0v) is 11.7. The molecule has 0 aromatic heterocycles. The summed E-state index contributed by atoms with van der Waals surface area (Å²) in [6, 6.07) is 20.4. The third-order valence-electron chi connectivity index (χ3n) is 2.56. The van der Waals surface area contributed by atoms with Crippen LogP contribution in [0.5, 0.6) is 0 Å². The number of hydrogen-bond donors (Lipinski definition) is 0. The van der Waals surface area contributed by atoms with Gasteiger partial charge >= 0.3 is 0 Å². The number of rotatable bonds is 2. The Morgan fingerprint density at radius 2 is 1.33 bits per heavy atom. The second kappa shape index (κ2) is 6.23. The van der Waals surface area contributed by atoms with Crippen LogP contribution in [0, 0.1) is 11.8 Å². The lowest BCUT2D eigenvalue weighted by atomic mass is 10.0. The van der Waals surface area contributed by atoms with E-state index in [2.05, 4.69) is 52.0 Å². The molecule has 18 heavy (non-hydrogen) atoms. The zero-order chi connectivity index (χ0) is 12.8. The van der Waals surface area contributed by atoms with Crippen molar-refractivity contribution in [2.24, 2.45) is 0 Å². The van der Waals surface area contributed by atoms with Gasteiger partial charge in [-0.05, 0) is 34.0 Å². The summed E-state index contributed by atoms with van der Waals surface area (Å²) in [6.45, 7) is 1.86. The van der Waals surface area contributed by atoms with Gasteiger partial charge in [-0.1, -0.05) is 66.6 Å². The van der Waals surface area contributed by atoms with Crippen LogP contribution in [-0.2, 0) is 0 Å². The van der Waals surface area contributed by atoms with Crippen molar-refractivity contribution in [1.29, 1.82) is 0 Å². The predicted octanol–water partition coefficient (Wildman–Crippen LogP) is 4.97. The average molecular weight is 297 g/mol. The molecule has 2 rings (SSSR count). The van der Waals surface area contributed by atoms with Crippen molar-refractivity contribution in [3.8, 4) is 11.8 Å². The van der Waals surface area contributed by atoms with E-state index in [9.17, 15) is 0 Å². The summed E-state index contributed by atoms with van der Waals surface area (Å²) in [7, 11) is 0. The summed E-state index contributed by atoms with van der Waals surface area (Å²) in [5, 5.41) is 0. The lowest BCUT2D eigenvalue weighted by Gasteiger charge is -2.06. The number of benzene rings is 2. The van der Waals surface area contributed by atoms with Gasteiger partial charge < -0.3 is 0 Å². The lowest BCUT2D eigenvalue weighted by molar-refractivity contribution is 1.62.